The molecular formula is C15H28N4O. The molecule has 0 amide bonds. The molecule has 0 saturated carbocycles. The van der Waals surface area contributed by atoms with Gasteiger partial charge in [-0.15, -0.1) is 0 Å². The fraction of sp³-hybridized carbons (Fsp3) is 0.733. The van der Waals surface area contributed by atoms with Gasteiger partial charge in [0.25, 0.3) is 0 Å². The number of hydrogen-bond acceptors (Lipinski definition) is 5. The van der Waals surface area contributed by atoms with E-state index in [4.69, 9.17) is 4.74 Å². The minimum absolute atomic E-state index is 0.332. The molecule has 1 aromatic heterocycles. The van der Waals surface area contributed by atoms with Crippen LogP contribution in [0.3, 0.4) is 0 Å². The van der Waals surface area contributed by atoms with Crippen molar-refractivity contribution < 1.29 is 4.74 Å². The van der Waals surface area contributed by atoms with Crippen molar-refractivity contribution in [2.45, 2.75) is 39.7 Å². The van der Waals surface area contributed by atoms with Gasteiger partial charge >= 0.3 is 0 Å². The van der Waals surface area contributed by atoms with Gasteiger partial charge in [-0.3, -0.25) is 0 Å². The number of rotatable bonds is 9. The first-order valence-electron chi connectivity index (χ1n) is 7.38. The number of hydrogen-bond donors (Lipinski definition) is 1. The third kappa shape index (κ3) is 5.84. The largest absolute Gasteiger partial charge is 0.490 e. The van der Waals surface area contributed by atoms with Gasteiger partial charge in [-0.05, 0) is 27.1 Å². The number of ether oxygens (including phenoxy) is 1. The Kier molecular flexibility index (Phi) is 7.47. The quantitative estimate of drug-likeness (QED) is 0.702. The van der Waals surface area contributed by atoms with Crippen molar-refractivity contribution in [1.82, 2.24) is 20.2 Å². The SMILES string of the molecule is CCNCc1nc(C(C)C)ncc1OCCCN(C)C. The van der Waals surface area contributed by atoms with E-state index in [-0.39, 0.29) is 0 Å². The highest BCUT2D eigenvalue weighted by Gasteiger charge is 2.10. The molecule has 0 radical (unpaired) electrons. The molecule has 5 nitrogen and oxygen atoms in total. The van der Waals surface area contributed by atoms with Gasteiger partial charge in [-0.1, -0.05) is 20.8 Å². The van der Waals surface area contributed by atoms with Crippen LogP contribution in [0.15, 0.2) is 6.20 Å². The standard InChI is InChI=1S/C15H28N4O/c1-6-16-10-13-14(20-9-7-8-19(4)5)11-17-15(18-13)12(2)3/h11-12,16H,6-10H2,1-5H3. The van der Waals surface area contributed by atoms with Crippen LogP contribution < -0.4 is 10.1 Å². The van der Waals surface area contributed by atoms with Crippen LogP contribution in [0.1, 0.15) is 44.6 Å². The molecule has 1 heterocycles. The first-order chi connectivity index (χ1) is 9.54. The van der Waals surface area contributed by atoms with Crippen molar-refractivity contribution >= 4 is 0 Å². The van der Waals surface area contributed by atoms with Crippen molar-refractivity contribution in [3.05, 3.63) is 17.7 Å². The predicted molar refractivity (Wildman–Crippen MR) is 82.2 cm³/mol. The van der Waals surface area contributed by atoms with Crippen LogP contribution in [-0.2, 0) is 6.54 Å². The second-order valence-electron chi connectivity index (χ2n) is 5.48. The van der Waals surface area contributed by atoms with Crippen LogP contribution >= 0.6 is 0 Å². The van der Waals surface area contributed by atoms with E-state index in [1.807, 2.05) is 6.20 Å². The Morgan fingerprint density at radius 3 is 2.70 bits per heavy atom. The molecule has 0 aromatic carbocycles. The van der Waals surface area contributed by atoms with Crippen molar-refractivity contribution in [3.8, 4) is 5.75 Å². The lowest BCUT2D eigenvalue weighted by molar-refractivity contribution is 0.276. The van der Waals surface area contributed by atoms with E-state index in [0.29, 0.717) is 12.5 Å². The lowest BCUT2D eigenvalue weighted by Gasteiger charge is -2.14. The van der Waals surface area contributed by atoms with Crippen LogP contribution in [0.5, 0.6) is 5.75 Å². The highest BCUT2D eigenvalue weighted by molar-refractivity contribution is 5.25. The first kappa shape index (κ1) is 16.9. The molecule has 0 saturated heterocycles. The van der Waals surface area contributed by atoms with Gasteiger partial charge in [0.05, 0.1) is 18.5 Å². The van der Waals surface area contributed by atoms with Crippen LogP contribution in [-0.4, -0.2) is 48.7 Å². The molecule has 1 aromatic rings. The fourth-order valence-corrected chi connectivity index (χ4v) is 1.75. The zero-order valence-corrected chi connectivity index (χ0v) is 13.4. The van der Waals surface area contributed by atoms with Gasteiger partial charge < -0.3 is 15.0 Å². The second-order valence-corrected chi connectivity index (χ2v) is 5.48. The summed E-state index contributed by atoms with van der Waals surface area (Å²) in [7, 11) is 4.13. The van der Waals surface area contributed by atoms with E-state index in [9.17, 15) is 0 Å². The maximum absolute atomic E-state index is 5.83. The third-order valence-corrected chi connectivity index (χ3v) is 2.91. The summed E-state index contributed by atoms with van der Waals surface area (Å²) in [5, 5.41) is 3.30. The fourth-order valence-electron chi connectivity index (χ4n) is 1.75. The van der Waals surface area contributed by atoms with Crippen LogP contribution in [0.25, 0.3) is 0 Å². The Morgan fingerprint density at radius 1 is 1.35 bits per heavy atom. The van der Waals surface area contributed by atoms with E-state index in [0.717, 1.165) is 43.3 Å². The van der Waals surface area contributed by atoms with Gasteiger partial charge in [0.2, 0.25) is 0 Å². The van der Waals surface area contributed by atoms with E-state index < -0.39 is 0 Å². The Labute approximate surface area is 122 Å². The van der Waals surface area contributed by atoms with Gasteiger partial charge in [0.15, 0.2) is 5.75 Å². The molecule has 0 aliphatic carbocycles. The number of nitrogens with one attached hydrogen (secondary N) is 1. The van der Waals surface area contributed by atoms with Crippen molar-refractivity contribution in [1.29, 1.82) is 0 Å². The van der Waals surface area contributed by atoms with Crippen LogP contribution in [0.2, 0.25) is 0 Å². The van der Waals surface area contributed by atoms with Crippen LogP contribution in [0, 0.1) is 0 Å². The summed E-state index contributed by atoms with van der Waals surface area (Å²) in [6, 6.07) is 0. The summed E-state index contributed by atoms with van der Waals surface area (Å²) < 4.78 is 5.83. The first-order valence-corrected chi connectivity index (χ1v) is 7.38. The summed E-state index contributed by atoms with van der Waals surface area (Å²) in [6.45, 7) is 9.65. The second kappa shape index (κ2) is 8.87. The van der Waals surface area contributed by atoms with Gasteiger partial charge in [0.1, 0.15) is 5.82 Å². The van der Waals surface area contributed by atoms with Crippen molar-refractivity contribution in [2.24, 2.45) is 0 Å². The summed E-state index contributed by atoms with van der Waals surface area (Å²) in [5.41, 5.74) is 0.954. The summed E-state index contributed by atoms with van der Waals surface area (Å²) in [6.07, 6.45) is 2.81. The molecule has 0 aliphatic rings. The average Bonchev–Trinajstić information content (AvgIpc) is 2.41. The maximum Gasteiger partial charge on any atom is 0.160 e. The summed E-state index contributed by atoms with van der Waals surface area (Å²) >= 11 is 0. The molecule has 1 rings (SSSR count). The lowest BCUT2D eigenvalue weighted by atomic mass is 10.2. The highest BCUT2D eigenvalue weighted by atomic mass is 16.5. The van der Waals surface area contributed by atoms with Gasteiger partial charge in [0, 0.05) is 19.0 Å². The number of aromatic nitrogens is 2. The molecule has 0 spiro atoms. The van der Waals surface area contributed by atoms with Crippen molar-refractivity contribution in [2.75, 3.05) is 33.8 Å². The Bertz CT molecular complexity index is 393. The van der Waals surface area contributed by atoms with E-state index in [1.165, 1.54) is 0 Å². The summed E-state index contributed by atoms with van der Waals surface area (Å²) in [4.78, 5) is 11.2. The minimum Gasteiger partial charge on any atom is -0.490 e. The molecule has 0 fully saturated rings. The van der Waals surface area contributed by atoms with E-state index in [1.54, 1.807) is 0 Å². The minimum atomic E-state index is 0.332. The molecule has 5 heteroatoms. The zero-order valence-electron chi connectivity index (χ0n) is 13.4. The Balaban J connectivity index is 2.67. The van der Waals surface area contributed by atoms with Crippen molar-refractivity contribution in [3.63, 3.8) is 0 Å². The molecule has 114 valence electrons. The Hall–Kier alpha value is -1.20. The smallest absolute Gasteiger partial charge is 0.160 e. The maximum atomic E-state index is 5.83. The molecular weight excluding hydrogens is 252 g/mol. The molecule has 0 atom stereocenters. The van der Waals surface area contributed by atoms with E-state index in [2.05, 4.69) is 55.1 Å². The van der Waals surface area contributed by atoms with E-state index >= 15 is 0 Å². The average molecular weight is 280 g/mol. The Morgan fingerprint density at radius 2 is 2.10 bits per heavy atom. The normalized spacial score (nSPS) is 11.3. The highest BCUT2D eigenvalue weighted by Crippen LogP contribution is 2.18. The van der Waals surface area contributed by atoms with Crippen LogP contribution in [0.4, 0.5) is 0 Å². The monoisotopic (exact) mass is 280 g/mol. The summed E-state index contributed by atoms with van der Waals surface area (Å²) in [5.74, 6) is 2.01. The molecule has 0 bridgehead atoms. The number of nitrogens with zero attached hydrogens (tertiary/aromatic N) is 3. The molecule has 20 heavy (non-hydrogen) atoms. The van der Waals surface area contributed by atoms with Gasteiger partial charge in [-0.2, -0.15) is 0 Å². The third-order valence-electron chi connectivity index (χ3n) is 2.91. The zero-order chi connectivity index (χ0) is 15.0. The molecule has 0 aliphatic heterocycles. The molecule has 0 unspecified atom stereocenters. The lowest BCUT2D eigenvalue weighted by Crippen LogP contribution is -2.18. The van der Waals surface area contributed by atoms with Gasteiger partial charge in [-0.25, -0.2) is 9.97 Å². The molecule has 1 N–H and O–H groups in total. The topological polar surface area (TPSA) is 50.3 Å². The predicted octanol–water partition coefficient (Wildman–Crippen LogP) is 2.04.